The molecule has 1 fully saturated rings. The number of nitrogens with zero attached hydrogens (tertiary/aromatic N) is 1. The molecule has 2 aliphatic rings. The summed E-state index contributed by atoms with van der Waals surface area (Å²) in [5.41, 5.74) is 4.45. The lowest BCUT2D eigenvalue weighted by Gasteiger charge is -2.23. The molecule has 1 heterocycles. The zero-order valence-corrected chi connectivity index (χ0v) is 20.0. The number of carbonyl (C=O) groups excluding carboxylic acids is 2. The Kier molecular flexibility index (Phi) is 8.02. The maximum absolute atomic E-state index is 13.0. The average Bonchev–Trinajstić information content (AvgIpc) is 3.02. The molecule has 1 aliphatic heterocycles. The number of amides is 2. The number of hydrogen-bond donors (Lipinski definition) is 3. The van der Waals surface area contributed by atoms with Crippen LogP contribution in [-0.4, -0.2) is 66.8 Å². The van der Waals surface area contributed by atoms with Gasteiger partial charge in [0.25, 0.3) is 0 Å². The summed E-state index contributed by atoms with van der Waals surface area (Å²) >= 11 is 0. The Bertz CT molecular complexity index is 1030. The summed E-state index contributed by atoms with van der Waals surface area (Å²) in [7, 11) is 2.05. The van der Waals surface area contributed by atoms with Gasteiger partial charge in [0, 0.05) is 18.4 Å². The second-order valence-corrected chi connectivity index (χ2v) is 9.39. The van der Waals surface area contributed by atoms with Crippen molar-refractivity contribution in [3.63, 3.8) is 0 Å². The Labute approximate surface area is 205 Å². The van der Waals surface area contributed by atoms with Gasteiger partial charge in [0.1, 0.15) is 12.6 Å². The number of aliphatic carboxylic acids is 1. The molecule has 186 valence electrons. The third-order valence-corrected chi connectivity index (χ3v) is 6.90. The van der Waals surface area contributed by atoms with E-state index in [0.717, 1.165) is 54.6 Å². The van der Waals surface area contributed by atoms with E-state index in [1.165, 1.54) is 0 Å². The van der Waals surface area contributed by atoms with E-state index in [1.807, 2.05) is 36.4 Å². The van der Waals surface area contributed by atoms with Crippen molar-refractivity contribution >= 4 is 18.0 Å². The van der Waals surface area contributed by atoms with Gasteiger partial charge in [-0.25, -0.2) is 4.79 Å². The summed E-state index contributed by atoms with van der Waals surface area (Å²) < 4.78 is 5.57. The van der Waals surface area contributed by atoms with Gasteiger partial charge in [-0.15, -0.1) is 0 Å². The highest BCUT2D eigenvalue weighted by Gasteiger charge is 2.30. The van der Waals surface area contributed by atoms with Crippen LogP contribution in [0.4, 0.5) is 4.79 Å². The van der Waals surface area contributed by atoms with Gasteiger partial charge in [0.15, 0.2) is 0 Å². The number of nitrogens with one attached hydrogen (secondary N) is 2. The van der Waals surface area contributed by atoms with E-state index in [9.17, 15) is 14.4 Å². The Morgan fingerprint density at radius 2 is 1.69 bits per heavy atom. The van der Waals surface area contributed by atoms with Crippen LogP contribution >= 0.6 is 0 Å². The van der Waals surface area contributed by atoms with Crippen molar-refractivity contribution in [1.29, 1.82) is 0 Å². The highest BCUT2D eigenvalue weighted by molar-refractivity contribution is 5.86. The second kappa shape index (κ2) is 11.4. The number of carboxylic acid groups (broad SMARTS) is 1. The van der Waals surface area contributed by atoms with Crippen molar-refractivity contribution in [1.82, 2.24) is 15.5 Å². The molecule has 35 heavy (non-hydrogen) atoms. The summed E-state index contributed by atoms with van der Waals surface area (Å²) in [5, 5.41) is 14.7. The van der Waals surface area contributed by atoms with Gasteiger partial charge in [-0.3, -0.25) is 9.59 Å². The SMILES string of the molecule is CN1CCCC(NC(=O)C(CCC(=O)O)NC(=O)OCC2c3ccccc3-c3ccccc32)CC1. The molecule has 0 saturated carbocycles. The fourth-order valence-electron chi connectivity index (χ4n) is 5.01. The molecule has 2 aromatic carbocycles. The zero-order valence-electron chi connectivity index (χ0n) is 20.0. The number of rotatable bonds is 8. The zero-order chi connectivity index (χ0) is 24.8. The molecule has 0 spiro atoms. The van der Waals surface area contributed by atoms with Gasteiger partial charge in [-0.1, -0.05) is 48.5 Å². The maximum Gasteiger partial charge on any atom is 0.407 e. The smallest absolute Gasteiger partial charge is 0.407 e. The van der Waals surface area contributed by atoms with Crippen LogP contribution in [0.3, 0.4) is 0 Å². The van der Waals surface area contributed by atoms with Crippen LogP contribution in [0.1, 0.15) is 49.1 Å². The van der Waals surface area contributed by atoms with Crippen molar-refractivity contribution in [3.05, 3.63) is 59.7 Å². The Morgan fingerprint density at radius 1 is 1.03 bits per heavy atom. The first-order valence-electron chi connectivity index (χ1n) is 12.2. The van der Waals surface area contributed by atoms with E-state index >= 15 is 0 Å². The molecule has 1 aliphatic carbocycles. The topological polar surface area (TPSA) is 108 Å². The molecular weight excluding hydrogens is 446 g/mol. The predicted molar refractivity (Wildman–Crippen MR) is 132 cm³/mol. The number of carbonyl (C=O) groups is 3. The third-order valence-electron chi connectivity index (χ3n) is 6.90. The molecule has 0 radical (unpaired) electrons. The van der Waals surface area contributed by atoms with Crippen LogP contribution in [0, 0.1) is 0 Å². The second-order valence-electron chi connectivity index (χ2n) is 9.39. The molecule has 2 amide bonds. The number of likely N-dealkylation sites (tertiary alicyclic amines) is 1. The molecule has 3 N–H and O–H groups in total. The summed E-state index contributed by atoms with van der Waals surface area (Å²) in [5.74, 6) is -1.48. The maximum atomic E-state index is 13.0. The summed E-state index contributed by atoms with van der Waals surface area (Å²) in [4.78, 5) is 39.0. The van der Waals surface area contributed by atoms with Crippen LogP contribution in [0.2, 0.25) is 0 Å². The quantitative estimate of drug-likeness (QED) is 0.536. The lowest BCUT2D eigenvalue weighted by atomic mass is 9.98. The van der Waals surface area contributed by atoms with Gasteiger partial charge in [0.05, 0.1) is 0 Å². The number of carboxylic acids is 1. The fourth-order valence-corrected chi connectivity index (χ4v) is 5.01. The lowest BCUT2D eigenvalue weighted by Crippen LogP contribution is -2.50. The normalized spacial score (nSPS) is 18.6. The molecule has 1 saturated heterocycles. The third kappa shape index (κ3) is 6.19. The van der Waals surface area contributed by atoms with Crippen LogP contribution < -0.4 is 10.6 Å². The van der Waals surface area contributed by atoms with Crippen molar-refractivity contribution in [3.8, 4) is 11.1 Å². The lowest BCUT2D eigenvalue weighted by molar-refractivity contribution is -0.137. The molecule has 4 rings (SSSR count). The highest BCUT2D eigenvalue weighted by Crippen LogP contribution is 2.44. The molecule has 2 unspecified atom stereocenters. The Hall–Kier alpha value is -3.39. The van der Waals surface area contributed by atoms with Crippen molar-refractivity contribution in [2.45, 2.75) is 50.1 Å². The van der Waals surface area contributed by atoms with Gasteiger partial charge in [-0.2, -0.15) is 0 Å². The van der Waals surface area contributed by atoms with Crippen LogP contribution in [0.25, 0.3) is 11.1 Å². The number of benzene rings is 2. The molecule has 0 bridgehead atoms. The molecule has 8 heteroatoms. The van der Waals surface area contributed by atoms with E-state index in [2.05, 4.69) is 34.7 Å². The molecule has 2 aromatic rings. The standard InChI is InChI=1S/C27H33N3O5/c1-30-15-6-7-18(14-16-30)28-26(33)24(12-13-25(31)32)29-27(34)35-17-23-21-10-4-2-8-19(21)20-9-3-5-11-22(20)23/h2-5,8-11,18,23-24H,6-7,12-17H2,1H3,(H,28,33)(H,29,34)(H,31,32). The average molecular weight is 480 g/mol. The Morgan fingerprint density at radius 3 is 2.34 bits per heavy atom. The monoisotopic (exact) mass is 479 g/mol. The van der Waals surface area contributed by atoms with E-state index in [0.29, 0.717) is 0 Å². The summed E-state index contributed by atoms with van der Waals surface area (Å²) in [6, 6.07) is 15.1. The van der Waals surface area contributed by atoms with Gasteiger partial charge >= 0.3 is 12.1 Å². The van der Waals surface area contributed by atoms with Crippen molar-refractivity contribution in [2.75, 3.05) is 26.7 Å². The summed E-state index contributed by atoms with van der Waals surface area (Å²) in [6.45, 7) is 1.99. The molecular formula is C27H33N3O5. The van der Waals surface area contributed by atoms with E-state index in [4.69, 9.17) is 9.84 Å². The number of hydrogen-bond acceptors (Lipinski definition) is 5. The molecule has 0 aromatic heterocycles. The van der Waals surface area contributed by atoms with Gasteiger partial charge < -0.3 is 25.4 Å². The molecule has 2 atom stereocenters. The van der Waals surface area contributed by atoms with Gasteiger partial charge in [0.2, 0.25) is 5.91 Å². The number of ether oxygens (including phenoxy) is 1. The van der Waals surface area contributed by atoms with E-state index in [-0.39, 0.29) is 37.3 Å². The van der Waals surface area contributed by atoms with E-state index in [1.54, 1.807) is 0 Å². The Balaban J connectivity index is 1.38. The van der Waals surface area contributed by atoms with Crippen LogP contribution in [-0.2, 0) is 14.3 Å². The largest absolute Gasteiger partial charge is 0.481 e. The first kappa shape index (κ1) is 24.7. The predicted octanol–water partition coefficient (Wildman–Crippen LogP) is 3.36. The minimum absolute atomic E-state index is 0.00200. The highest BCUT2D eigenvalue weighted by atomic mass is 16.5. The van der Waals surface area contributed by atoms with Crippen molar-refractivity contribution in [2.24, 2.45) is 0 Å². The summed E-state index contributed by atoms with van der Waals surface area (Å²) in [6.07, 6.45) is 1.69. The minimum Gasteiger partial charge on any atom is -0.481 e. The first-order chi connectivity index (χ1) is 16.9. The number of fused-ring (bicyclic) bond motifs is 3. The molecule has 8 nitrogen and oxygen atoms in total. The number of alkyl carbamates (subject to hydrolysis) is 1. The van der Waals surface area contributed by atoms with Crippen molar-refractivity contribution < 1.29 is 24.2 Å². The van der Waals surface area contributed by atoms with E-state index < -0.39 is 18.1 Å². The minimum atomic E-state index is -1.02. The van der Waals surface area contributed by atoms with Gasteiger partial charge in [-0.05, 0) is 68.1 Å². The fraction of sp³-hybridized carbons (Fsp3) is 0.444. The van der Waals surface area contributed by atoms with Crippen LogP contribution in [0.15, 0.2) is 48.5 Å². The van der Waals surface area contributed by atoms with Crippen LogP contribution in [0.5, 0.6) is 0 Å². The first-order valence-corrected chi connectivity index (χ1v) is 12.2.